The van der Waals surface area contributed by atoms with Gasteiger partial charge in [-0.2, -0.15) is 0 Å². The minimum atomic E-state index is -0.646. The zero-order valence-electron chi connectivity index (χ0n) is 33.2. The Balaban J connectivity index is 1.16. The van der Waals surface area contributed by atoms with Gasteiger partial charge in [0.1, 0.15) is 0 Å². The van der Waals surface area contributed by atoms with Crippen LogP contribution in [0.5, 0.6) is 0 Å². The molecule has 62 heavy (non-hydrogen) atoms. The zero-order valence-corrected chi connectivity index (χ0v) is 34.0. The first-order valence-corrected chi connectivity index (χ1v) is 21.4. The van der Waals surface area contributed by atoms with E-state index in [1.165, 1.54) is 33.4 Å². The van der Waals surface area contributed by atoms with Crippen LogP contribution < -0.4 is 0 Å². The van der Waals surface area contributed by atoms with Gasteiger partial charge < -0.3 is 0 Å². The molecule has 0 N–H and O–H groups in total. The van der Waals surface area contributed by atoms with Crippen LogP contribution in [0.25, 0.3) is 79.2 Å². The molecule has 7 heteroatoms. The average molecular weight is 811 g/mol. The Morgan fingerprint density at radius 3 is 1.27 bits per heavy atom. The summed E-state index contributed by atoms with van der Waals surface area (Å²) in [6.45, 7) is 0. The summed E-state index contributed by atoms with van der Waals surface area (Å²) in [6.07, 6.45) is 3.63. The van der Waals surface area contributed by atoms with Gasteiger partial charge in [-0.15, -0.1) is 0 Å². The number of hydrogen-bond acceptors (Lipinski definition) is 7. The van der Waals surface area contributed by atoms with E-state index in [4.69, 9.17) is 29.9 Å². The van der Waals surface area contributed by atoms with Crippen molar-refractivity contribution in [2.75, 3.05) is 0 Å². The first-order valence-electron chi connectivity index (χ1n) is 20.6. The van der Waals surface area contributed by atoms with Crippen LogP contribution in [0.2, 0.25) is 0 Å². The normalized spacial score (nSPS) is 12.9. The molecule has 1 spiro atoms. The Labute approximate surface area is 363 Å². The molecule has 0 saturated heterocycles. The Kier molecular flexibility index (Phi) is 8.54. The molecule has 0 unspecified atom stereocenters. The largest absolute Gasteiger partial charge is 0.255 e. The first-order chi connectivity index (χ1) is 30.7. The molecule has 5 heterocycles. The number of aromatic nitrogens is 6. The summed E-state index contributed by atoms with van der Waals surface area (Å²) in [7, 11) is 0. The van der Waals surface area contributed by atoms with Gasteiger partial charge in [0.25, 0.3) is 0 Å². The van der Waals surface area contributed by atoms with E-state index in [9.17, 15) is 0 Å². The van der Waals surface area contributed by atoms with E-state index in [-0.39, 0.29) is 0 Å². The molecule has 4 aromatic heterocycles. The third kappa shape index (κ3) is 5.74. The second-order valence-electron chi connectivity index (χ2n) is 15.4. The minimum Gasteiger partial charge on any atom is -0.255 e. The average Bonchev–Trinajstić information content (AvgIpc) is 3.65. The molecule has 0 radical (unpaired) electrons. The Bertz CT molecular complexity index is 2980. The summed E-state index contributed by atoms with van der Waals surface area (Å²) in [5.41, 5.74) is 14.8. The molecular formula is C55H34N6S. The van der Waals surface area contributed by atoms with Crippen molar-refractivity contribution in [3.63, 3.8) is 0 Å². The van der Waals surface area contributed by atoms with Crippen molar-refractivity contribution >= 4 is 11.8 Å². The van der Waals surface area contributed by atoms with Gasteiger partial charge in [-0.1, -0.05) is 169 Å². The monoisotopic (exact) mass is 810 g/mol. The summed E-state index contributed by atoms with van der Waals surface area (Å²) in [6, 6.07) is 67.8. The Hall–Kier alpha value is -7.87. The maximum atomic E-state index is 5.28. The lowest BCUT2D eigenvalue weighted by molar-refractivity contribution is 0.723. The van der Waals surface area contributed by atoms with Crippen LogP contribution in [0.3, 0.4) is 0 Å². The SMILES string of the molecule is c1ccc(-c2nc(-c3ccccc3)nc(-c3cccc4c3Sc3c(-c5cc(-c6ccccn6)nc(-c6ccccn6)c5)cccc3C43c4ccccc4-c4ccccc43)n2)cc1. The third-order valence-electron chi connectivity index (χ3n) is 11.9. The summed E-state index contributed by atoms with van der Waals surface area (Å²) in [4.78, 5) is 32.5. The molecule has 0 saturated carbocycles. The predicted molar refractivity (Wildman–Crippen MR) is 247 cm³/mol. The summed E-state index contributed by atoms with van der Waals surface area (Å²) in [5, 5.41) is 0. The van der Waals surface area contributed by atoms with Crippen molar-refractivity contribution in [1.82, 2.24) is 29.9 Å². The van der Waals surface area contributed by atoms with Gasteiger partial charge in [-0.3, -0.25) is 9.97 Å². The van der Waals surface area contributed by atoms with Gasteiger partial charge in [0.2, 0.25) is 0 Å². The fraction of sp³-hybridized carbons (Fsp3) is 0.0182. The highest BCUT2D eigenvalue weighted by Crippen LogP contribution is 2.64. The highest BCUT2D eigenvalue weighted by molar-refractivity contribution is 7.99. The van der Waals surface area contributed by atoms with Crippen molar-refractivity contribution in [2.45, 2.75) is 15.2 Å². The molecule has 6 nitrogen and oxygen atoms in total. The molecule has 1 aliphatic heterocycles. The van der Waals surface area contributed by atoms with Crippen LogP contribution in [0, 0.1) is 0 Å². The lowest BCUT2D eigenvalue weighted by Gasteiger charge is -2.41. The quantitative estimate of drug-likeness (QED) is 0.165. The van der Waals surface area contributed by atoms with E-state index < -0.39 is 5.41 Å². The lowest BCUT2D eigenvalue weighted by Crippen LogP contribution is -2.32. The van der Waals surface area contributed by atoms with Gasteiger partial charge in [0.15, 0.2) is 17.5 Å². The van der Waals surface area contributed by atoms with Crippen LogP contribution in [0.4, 0.5) is 0 Å². The highest BCUT2D eigenvalue weighted by Gasteiger charge is 2.51. The third-order valence-corrected chi connectivity index (χ3v) is 13.2. The van der Waals surface area contributed by atoms with Crippen molar-refractivity contribution in [1.29, 1.82) is 0 Å². The second kappa shape index (κ2) is 14.7. The molecule has 0 atom stereocenters. The number of fused-ring (bicyclic) bond motifs is 9. The van der Waals surface area contributed by atoms with E-state index in [0.29, 0.717) is 17.5 Å². The molecule has 2 aliphatic rings. The number of nitrogens with zero attached hydrogens (tertiary/aromatic N) is 6. The first kappa shape index (κ1) is 36.0. The second-order valence-corrected chi connectivity index (χ2v) is 16.4. The van der Waals surface area contributed by atoms with Crippen molar-refractivity contribution in [3.8, 4) is 79.2 Å². The van der Waals surface area contributed by atoms with Crippen molar-refractivity contribution in [3.05, 3.63) is 229 Å². The van der Waals surface area contributed by atoms with Gasteiger partial charge in [0, 0.05) is 38.9 Å². The molecule has 1 aliphatic carbocycles. The van der Waals surface area contributed by atoms with E-state index in [1.54, 1.807) is 11.8 Å². The smallest absolute Gasteiger partial charge is 0.165 e. The van der Waals surface area contributed by atoms with E-state index in [0.717, 1.165) is 60.4 Å². The van der Waals surface area contributed by atoms with Crippen LogP contribution in [-0.2, 0) is 5.41 Å². The molecule has 6 aromatic carbocycles. The van der Waals surface area contributed by atoms with Crippen LogP contribution in [0.15, 0.2) is 216 Å². The van der Waals surface area contributed by atoms with E-state index in [2.05, 4.69) is 121 Å². The van der Waals surface area contributed by atoms with Crippen molar-refractivity contribution < 1.29 is 0 Å². The number of pyridine rings is 3. The highest BCUT2D eigenvalue weighted by atomic mass is 32.2. The predicted octanol–water partition coefficient (Wildman–Crippen LogP) is 12.9. The molecule has 10 aromatic rings. The molecule has 290 valence electrons. The summed E-state index contributed by atoms with van der Waals surface area (Å²) < 4.78 is 0. The van der Waals surface area contributed by atoms with Crippen LogP contribution >= 0.6 is 11.8 Å². The fourth-order valence-electron chi connectivity index (χ4n) is 9.26. The molecule has 0 bridgehead atoms. The van der Waals surface area contributed by atoms with Gasteiger partial charge >= 0.3 is 0 Å². The Morgan fingerprint density at radius 2 is 0.742 bits per heavy atom. The van der Waals surface area contributed by atoms with Gasteiger partial charge in [-0.25, -0.2) is 19.9 Å². The van der Waals surface area contributed by atoms with Gasteiger partial charge in [-0.05, 0) is 80.9 Å². The lowest BCUT2D eigenvalue weighted by atomic mass is 9.66. The molecule has 12 rings (SSSR count). The summed E-state index contributed by atoms with van der Waals surface area (Å²) in [5.74, 6) is 1.87. The van der Waals surface area contributed by atoms with Gasteiger partial charge in [0.05, 0.1) is 28.2 Å². The minimum absolute atomic E-state index is 0.622. The molecular weight excluding hydrogens is 777 g/mol. The fourth-order valence-corrected chi connectivity index (χ4v) is 10.7. The maximum Gasteiger partial charge on any atom is 0.165 e. The van der Waals surface area contributed by atoms with Crippen molar-refractivity contribution in [2.24, 2.45) is 0 Å². The maximum absolute atomic E-state index is 5.28. The number of benzene rings is 6. The Morgan fingerprint density at radius 1 is 0.306 bits per heavy atom. The van der Waals surface area contributed by atoms with Crippen LogP contribution in [0.1, 0.15) is 22.3 Å². The van der Waals surface area contributed by atoms with E-state index in [1.807, 2.05) is 85.2 Å². The molecule has 0 amide bonds. The summed E-state index contributed by atoms with van der Waals surface area (Å²) >= 11 is 1.79. The zero-order chi connectivity index (χ0) is 41.0. The standard InChI is InChI=1S/C55H34N6S/c1-3-17-35(18-4-1)52-59-53(36-19-5-2-6-20-36)61-54(60-52)41-24-16-28-45-51(41)62-50-38(37-33-48(46-29-11-13-31-56-46)58-49(34-37)47-30-12-14-32-57-47)23-15-27-44(50)55(45)42-25-9-7-21-39(42)40-22-8-10-26-43(40)55/h1-34H. The topological polar surface area (TPSA) is 77.3 Å². The van der Waals surface area contributed by atoms with Crippen LogP contribution in [-0.4, -0.2) is 29.9 Å². The number of rotatable bonds is 6. The number of hydrogen-bond donors (Lipinski definition) is 0. The van der Waals surface area contributed by atoms with E-state index >= 15 is 0 Å². The molecule has 0 fully saturated rings.